The van der Waals surface area contributed by atoms with E-state index in [1.807, 2.05) is 24.3 Å². The Bertz CT molecular complexity index is 631. The van der Waals surface area contributed by atoms with Crippen LogP contribution in [0, 0.1) is 0 Å². The van der Waals surface area contributed by atoms with Gasteiger partial charge < -0.3 is 9.72 Å². The molecule has 0 spiro atoms. The number of unbranched alkanes of at least 4 members (excludes halogenated alkanes) is 1. The Hall–Kier alpha value is -1.59. The molecule has 22 heavy (non-hydrogen) atoms. The molecule has 0 saturated carbocycles. The van der Waals surface area contributed by atoms with E-state index in [4.69, 9.17) is 4.74 Å². The quantitative estimate of drug-likeness (QED) is 0.806. The zero-order valence-corrected chi connectivity index (χ0v) is 14.3. The molecule has 0 amide bonds. The molecule has 2 aromatic rings. The molecule has 0 aliphatic carbocycles. The van der Waals surface area contributed by atoms with Crippen molar-refractivity contribution in [1.82, 2.24) is 9.88 Å². The molecule has 1 aromatic heterocycles. The van der Waals surface area contributed by atoms with Gasteiger partial charge in [0.1, 0.15) is 5.75 Å². The topological polar surface area (TPSA) is 45.3 Å². The van der Waals surface area contributed by atoms with E-state index in [0.717, 1.165) is 41.5 Å². The molecule has 2 rings (SSSR count). The van der Waals surface area contributed by atoms with E-state index in [9.17, 15) is 4.79 Å². The number of aromatic amines is 1. The summed E-state index contributed by atoms with van der Waals surface area (Å²) in [5, 5.41) is 0. The van der Waals surface area contributed by atoms with E-state index in [1.165, 1.54) is 24.2 Å². The van der Waals surface area contributed by atoms with Crippen molar-refractivity contribution in [3.8, 4) is 17.0 Å². The van der Waals surface area contributed by atoms with Crippen LogP contribution in [0.25, 0.3) is 11.3 Å². The molecule has 120 valence electrons. The number of rotatable bonds is 8. The van der Waals surface area contributed by atoms with Gasteiger partial charge in [-0.2, -0.15) is 0 Å². The number of nitrogens with zero attached hydrogens (tertiary/aromatic N) is 1. The summed E-state index contributed by atoms with van der Waals surface area (Å²) in [6.07, 6.45) is 2.37. The minimum atomic E-state index is 0.00682. The van der Waals surface area contributed by atoms with Crippen LogP contribution in [0.15, 0.2) is 29.1 Å². The fourth-order valence-corrected chi connectivity index (χ4v) is 3.29. The van der Waals surface area contributed by atoms with Crippen molar-refractivity contribution in [3.63, 3.8) is 0 Å². The van der Waals surface area contributed by atoms with Gasteiger partial charge >= 0.3 is 4.87 Å². The fraction of sp³-hybridized carbons (Fsp3) is 0.471. The smallest absolute Gasteiger partial charge is 0.305 e. The number of ether oxygens (including phenoxy) is 1. The lowest BCUT2D eigenvalue weighted by molar-refractivity contribution is 0.278. The maximum atomic E-state index is 11.8. The van der Waals surface area contributed by atoms with Gasteiger partial charge in [-0.15, -0.1) is 0 Å². The van der Waals surface area contributed by atoms with Crippen molar-refractivity contribution in [2.75, 3.05) is 20.2 Å². The second-order valence-corrected chi connectivity index (χ2v) is 6.33. The lowest BCUT2D eigenvalue weighted by atomic mass is 10.1. The van der Waals surface area contributed by atoms with Gasteiger partial charge in [-0.25, -0.2) is 0 Å². The molecule has 0 bridgehead atoms. The number of hydrogen-bond donors (Lipinski definition) is 1. The minimum absolute atomic E-state index is 0.00682. The first kappa shape index (κ1) is 16.8. The van der Waals surface area contributed by atoms with Crippen LogP contribution in [-0.4, -0.2) is 30.1 Å². The Morgan fingerprint density at radius 2 is 1.95 bits per heavy atom. The summed E-state index contributed by atoms with van der Waals surface area (Å²) in [4.78, 5) is 18.3. The Morgan fingerprint density at radius 3 is 2.55 bits per heavy atom. The third-order valence-electron chi connectivity index (χ3n) is 3.74. The Kier molecular flexibility index (Phi) is 6.21. The predicted octanol–water partition coefficient (Wildman–Crippen LogP) is 3.73. The number of benzene rings is 1. The molecule has 1 heterocycles. The molecule has 0 aliphatic rings. The van der Waals surface area contributed by atoms with Gasteiger partial charge in [-0.05, 0) is 49.3 Å². The van der Waals surface area contributed by atoms with Crippen LogP contribution in [0.2, 0.25) is 0 Å². The van der Waals surface area contributed by atoms with Crippen LogP contribution in [0.5, 0.6) is 5.75 Å². The van der Waals surface area contributed by atoms with E-state index >= 15 is 0 Å². The number of methoxy groups -OCH3 is 1. The van der Waals surface area contributed by atoms with Crippen molar-refractivity contribution >= 4 is 11.3 Å². The third-order valence-corrected chi connectivity index (χ3v) is 4.61. The Morgan fingerprint density at radius 1 is 1.23 bits per heavy atom. The largest absolute Gasteiger partial charge is 0.497 e. The van der Waals surface area contributed by atoms with Gasteiger partial charge in [0, 0.05) is 11.4 Å². The standard InChI is InChI=1S/C17H24N2O2S/c1-4-6-11-19(5-2)12-15-16(18-17(20)22-15)13-7-9-14(21-3)10-8-13/h7-10H,4-6,11-12H2,1-3H3,(H,18,20). The fourth-order valence-electron chi connectivity index (χ4n) is 2.40. The van der Waals surface area contributed by atoms with Crippen molar-refractivity contribution in [3.05, 3.63) is 38.8 Å². The summed E-state index contributed by atoms with van der Waals surface area (Å²) >= 11 is 1.31. The Labute approximate surface area is 135 Å². The van der Waals surface area contributed by atoms with Crippen LogP contribution in [0.1, 0.15) is 31.6 Å². The molecule has 0 aliphatic heterocycles. The highest BCUT2D eigenvalue weighted by molar-refractivity contribution is 7.09. The summed E-state index contributed by atoms with van der Waals surface area (Å²) in [7, 11) is 1.65. The number of hydrogen-bond acceptors (Lipinski definition) is 4. The van der Waals surface area contributed by atoms with Gasteiger partial charge in [0.05, 0.1) is 12.8 Å². The number of aromatic nitrogens is 1. The van der Waals surface area contributed by atoms with Gasteiger partial charge in [0.2, 0.25) is 0 Å². The Balaban J connectivity index is 2.23. The van der Waals surface area contributed by atoms with Crippen molar-refractivity contribution in [1.29, 1.82) is 0 Å². The molecule has 0 radical (unpaired) electrons. The second kappa shape index (κ2) is 8.15. The molecule has 1 N–H and O–H groups in total. The highest BCUT2D eigenvalue weighted by atomic mass is 32.1. The molecule has 4 nitrogen and oxygen atoms in total. The molecular weight excluding hydrogens is 296 g/mol. The average molecular weight is 320 g/mol. The van der Waals surface area contributed by atoms with Crippen molar-refractivity contribution in [2.45, 2.75) is 33.2 Å². The summed E-state index contributed by atoms with van der Waals surface area (Å²) in [5.74, 6) is 0.820. The number of thiazole rings is 1. The molecule has 0 saturated heterocycles. The first-order valence-electron chi connectivity index (χ1n) is 7.76. The van der Waals surface area contributed by atoms with Crippen LogP contribution >= 0.6 is 11.3 Å². The van der Waals surface area contributed by atoms with E-state index in [2.05, 4.69) is 23.7 Å². The van der Waals surface area contributed by atoms with Crippen molar-refractivity contribution in [2.24, 2.45) is 0 Å². The SMILES string of the molecule is CCCCN(CC)Cc1sc(=O)[nH]c1-c1ccc(OC)cc1. The third kappa shape index (κ3) is 4.21. The molecular formula is C17H24N2O2S. The molecule has 0 atom stereocenters. The number of nitrogens with one attached hydrogen (secondary N) is 1. The van der Waals surface area contributed by atoms with Crippen LogP contribution in [0.3, 0.4) is 0 Å². The van der Waals surface area contributed by atoms with Crippen LogP contribution in [-0.2, 0) is 6.54 Å². The second-order valence-electron chi connectivity index (χ2n) is 5.26. The summed E-state index contributed by atoms with van der Waals surface area (Å²) in [5.41, 5.74) is 1.97. The lowest BCUT2D eigenvalue weighted by Gasteiger charge is -2.19. The summed E-state index contributed by atoms with van der Waals surface area (Å²) < 4.78 is 5.19. The van der Waals surface area contributed by atoms with Gasteiger partial charge in [0.25, 0.3) is 0 Å². The van der Waals surface area contributed by atoms with Gasteiger partial charge in [0.15, 0.2) is 0 Å². The normalized spacial score (nSPS) is 11.1. The highest BCUT2D eigenvalue weighted by Crippen LogP contribution is 2.26. The first-order chi connectivity index (χ1) is 10.7. The van der Waals surface area contributed by atoms with Crippen LogP contribution < -0.4 is 9.61 Å². The molecule has 0 fully saturated rings. The number of H-pyrrole nitrogens is 1. The maximum absolute atomic E-state index is 11.8. The minimum Gasteiger partial charge on any atom is -0.497 e. The van der Waals surface area contributed by atoms with E-state index in [-0.39, 0.29) is 4.87 Å². The van der Waals surface area contributed by atoms with Crippen molar-refractivity contribution < 1.29 is 4.74 Å². The lowest BCUT2D eigenvalue weighted by Crippen LogP contribution is -2.23. The maximum Gasteiger partial charge on any atom is 0.305 e. The van der Waals surface area contributed by atoms with E-state index < -0.39 is 0 Å². The monoisotopic (exact) mass is 320 g/mol. The predicted molar refractivity (Wildman–Crippen MR) is 92.8 cm³/mol. The zero-order valence-electron chi connectivity index (χ0n) is 13.5. The zero-order chi connectivity index (χ0) is 15.9. The molecule has 5 heteroatoms. The molecule has 0 unspecified atom stereocenters. The highest BCUT2D eigenvalue weighted by Gasteiger charge is 2.13. The molecule has 1 aromatic carbocycles. The van der Waals surface area contributed by atoms with Gasteiger partial charge in [-0.3, -0.25) is 9.69 Å². The summed E-state index contributed by atoms with van der Waals surface area (Å²) in [6.45, 7) is 7.25. The van der Waals surface area contributed by atoms with E-state index in [0.29, 0.717) is 0 Å². The van der Waals surface area contributed by atoms with Crippen LogP contribution in [0.4, 0.5) is 0 Å². The average Bonchev–Trinajstić information content (AvgIpc) is 2.92. The summed E-state index contributed by atoms with van der Waals surface area (Å²) in [6, 6.07) is 7.82. The van der Waals surface area contributed by atoms with Gasteiger partial charge in [-0.1, -0.05) is 31.6 Å². The first-order valence-corrected chi connectivity index (χ1v) is 8.58. The van der Waals surface area contributed by atoms with E-state index in [1.54, 1.807) is 7.11 Å².